The van der Waals surface area contributed by atoms with E-state index in [2.05, 4.69) is 30.3 Å². The third-order valence-corrected chi connectivity index (χ3v) is 3.81. The van der Waals surface area contributed by atoms with Crippen molar-refractivity contribution >= 4 is 0 Å². The van der Waals surface area contributed by atoms with Crippen LogP contribution in [0.4, 0.5) is 0 Å². The molecule has 0 aliphatic heterocycles. The summed E-state index contributed by atoms with van der Waals surface area (Å²) in [5.74, 6) is 0.872. The van der Waals surface area contributed by atoms with Crippen molar-refractivity contribution in [2.24, 2.45) is 5.92 Å². The Morgan fingerprint density at radius 2 is 2.25 bits per heavy atom. The topological polar surface area (TPSA) is 39.1 Å². The van der Waals surface area contributed by atoms with Crippen LogP contribution in [0.5, 0.6) is 0 Å². The van der Waals surface area contributed by atoms with Crippen molar-refractivity contribution in [3.63, 3.8) is 0 Å². The summed E-state index contributed by atoms with van der Waals surface area (Å²) in [6.07, 6.45) is 6.34. The van der Waals surface area contributed by atoms with E-state index < -0.39 is 0 Å². The van der Waals surface area contributed by atoms with Crippen LogP contribution >= 0.6 is 0 Å². The standard InChI is InChI=1S/C13H25N3/c1-11-5-4-6-13(9-11)16(3)8-7-12(10-14)15-2/h11-13,15H,4-9H2,1-3H3. The molecule has 1 fully saturated rings. The van der Waals surface area contributed by atoms with E-state index in [1.807, 2.05) is 7.05 Å². The fourth-order valence-corrected chi connectivity index (χ4v) is 2.59. The van der Waals surface area contributed by atoms with E-state index in [9.17, 15) is 0 Å². The van der Waals surface area contributed by atoms with Crippen molar-refractivity contribution < 1.29 is 0 Å². The zero-order valence-corrected chi connectivity index (χ0v) is 10.9. The molecule has 0 saturated heterocycles. The Morgan fingerprint density at radius 3 is 2.81 bits per heavy atom. The average Bonchev–Trinajstić information content (AvgIpc) is 2.30. The lowest BCUT2D eigenvalue weighted by Gasteiger charge is -2.34. The summed E-state index contributed by atoms with van der Waals surface area (Å²) in [6, 6.07) is 3.02. The SMILES string of the molecule is CNC(C#N)CCN(C)C1CCCC(C)C1. The Bertz CT molecular complexity index is 234. The maximum Gasteiger partial charge on any atom is 0.0962 e. The van der Waals surface area contributed by atoms with E-state index >= 15 is 0 Å². The van der Waals surface area contributed by atoms with Crippen LogP contribution < -0.4 is 5.32 Å². The molecular formula is C13H25N3. The van der Waals surface area contributed by atoms with Crippen molar-refractivity contribution in [1.82, 2.24) is 10.2 Å². The lowest BCUT2D eigenvalue weighted by Crippen LogP contribution is -2.38. The van der Waals surface area contributed by atoms with E-state index in [1.165, 1.54) is 25.7 Å². The molecule has 0 amide bonds. The molecule has 3 atom stereocenters. The number of nitrogens with zero attached hydrogens (tertiary/aromatic N) is 2. The molecule has 0 heterocycles. The van der Waals surface area contributed by atoms with Crippen LogP contribution in [0.3, 0.4) is 0 Å². The number of hydrogen-bond donors (Lipinski definition) is 1. The first kappa shape index (κ1) is 13.5. The Morgan fingerprint density at radius 1 is 1.50 bits per heavy atom. The fraction of sp³-hybridized carbons (Fsp3) is 0.923. The van der Waals surface area contributed by atoms with Crippen LogP contribution in [0, 0.1) is 17.2 Å². The van der Waals surface area contributed by atoms with Gasteiger partial charge in [0, 0.05) is 12.6 Å². The van der Waals surface area contributed by atoms with Gasteiger partial charge in [-0.15, -0.1) is 0 Å². The van der Waals surface area contributed by atoms with Gasteiger partial charge in [0.05, 0.1) is 12.1 Å². The average molecular weight is 223 g/mol. The lowest BCUT2D eigenvalue weighted by molar-refractivity contribution is 0.160. The summed E-state index contributed by atoms with van der Waals surface area (Å²) < 4.78 is 0. The minimum atomic E-state index is 0.00321. The van der Waals surface area contributed by atoms with E-state index in [4.69, 9.17) is 5.26 Å². The van der Waals surface area contributed by atoms with Gasteiger partial charge in [0.25, 0.3) is 0 Å². The Kier molecular flexibility index (Phi) is 5.79. The predicted octanol–water partition coefficient (Wildman–Crippen LogP) is 2.00. The van der Waals surface area contributed by atoms with Gasteiger partial charge in [-0.2, -0.15) is 5.26 Å². The van der Waals surface area contributed by atoms with Gasteiger partial charge in [-0.3, -0.25) is 0 Å². The zero-order chi connectivity index (χ0) is 12.0. The molecular weight excluding hydrogens is 198 g/mol. The van der Waals surface area contributed by atoms with Gasteiger partial charge in [-0.1, -0.05) is 19.8 Å². The quantitative estimate of drug-likeness (QED) is 0.775. The maximum atomic E-state index is 8.86. The van der Waals surface area contributed by atoms with E-state index in [0.29, 0.717) is 0 Å². The molecule has 1 saturated carbocycles. The highest BCUT2D eigenvalue weighted by atomic mass is 15.1. The summed E-state index contributed by atoms with van der Waals surface area (Å²) in [5, 5.41) is 11.9. The van der Waals surface area contributed by atoms with E-state index in [-0.39, 0.29) is 6.04 Å². The Hall–Kier alpha value is -0.590. The molecule has 0 aromatic rings. The molecule has 1 aliphatic carbocycles. The molecule has 92 valence electrons. The van der Waals surface area contributed by atoms with Crippen molar-refractivity contribution in [2.75, 3.05) is 20.6 Å². The molecule has 3 heteroatoms. The largest absolute Gasteiger partial charge is 0.305 e. The van der Waals surface area contributed by atoms with Gasteiger partial charge in [0.2, 0.25) is 0 Å². The highest BCUT2D eigenvalue weighted by Gasteiger charge is 2.22. The first-order chi connectivity index (χ1) is 7.67. The van der Waals surface area contributed by atoms with Crippen LogP contribution in [-0.2, 0) is 0 Å². The summed E-state index contributed by atoms with van der Waals surface area (Å²) >= 11 is 0. The third kappa shape index (κ3) is 4.11. The van der Waals surface area contributed by atoms with Gasteiger partial charge in [0.1, 0.15) is 0 Å². The second-order valence-electron chi connectivity index (χ2n) is 5.17. The van der Waals surface area contributed by atoms with Crippen molar-refractivity contribution in [1.29, 1.82) is 5.26 Å². The van der Waals surface area contributed by atoms with E-state index in [1.54, 1.807) is 0 Å². The number of rotatable bonds is 5. The molecule has 0 spiro atoms. The van der Waals surface area contributed by atoms with Crippen molar-refractivity contribution in [2.45, 2.75) is 51.1 Å². The second-order valence-corrected chi connectivity index (χ2v) is 5.17. The second kappa shape index (κ2) is 6.88. The van der Waals surface area contributed by atoms with Crippen LogP contribution in [0.25, 0.3) is 0 Å². The lowest BCUT2D eigenvalue weighted by atomic mass is 9.86. The predicted molar refractivity (Wildman–Crippen MR) is 67.1 cm³/mol. The van der Waals surface area contributed by atoms with E-state index in [0.717, 1.165) is 24.9 Å². The molecule has 0 aromatic heterocycles. The molecule has 0 aromatic carbocycles. The highest BCUT2D eigenvalue weighted by molar-refractivity contribution is 4.89. The van der Waals surface area contributed by atoms with Gasteiger partial charge in [0.15, 0.2) is 0 Å². The Labute approximate surface area is 99.8 Å². The van der Waals surface area contributed by atoms with Gasteiger partial charge < -0.3 is 10.2 Å². The van der Waals surface area contributed by atoms with Crippen LogP contribution in [0.15, 0.2) is 0 Å². The third-order valence-electron chi connectivity index (χ3n) is 3.81. The van der Waals surface area contributed by atoms with Crippen LogP contribution in [0.1, 0.15) is 39.0 Å². The molecule has 1 aliphatic rings. The van der Waals surface area contributed by atoms with Gasteiger partial charge in [-0.05, 0) is 39.3 Å². The van der Waals surface area contributed by atoms with Crippen LogP contribution in [0.2, 0.25) is 0 Å². The minimum Gasteiger partial charge on any atom is -0.305 e. The fourth-order valence-electron chi connectivity index (χ4n) is 2.59. The maximum absolute atomic E-state index is 8.86. The summed E-state index contributed by atoms with van der Waals surface area (Å²) in [5.41, 5.74) is 0. The number of nitriles is 1. The monoisotopic (exact) mass is 223 g/mol. The van der Waals surface area contributed by atoms with Gasteiger partial charge >= 0.3 is 0 Å². The summed E-state index contributed by atoms with van der Waals surface area (Å²) in [6.45, 7) is 3.38. The molecule has 1 rings (SSSR count). The summed E-state index contributed by atoms with van der Waals surface area (Å²) in [4.78, 5) is 2.44. The zero-order valence-electron chi connectivity index (χ0n) is 10.9. The minimum absolute atomic E-state index is 0.00321. The van der Waals surface area contributed by atoms with Crippen molar-refractivity contribution in [3.8, 4) is 6.07 Å². The molecule has 3 nitrogen and oxygen atoms in total. The first-order valence-corrected chi connectivity index (χ1v) is 6.44. The molecule has 3 unspecified atom stereocenters. The Balaban J connectivity index is 2.28. The highest BCUT2D eigenvalue weighted by Crippen LogP contribution is 2.26. The molecule has 1 N–H and O–H groups in total. The molecule has 16 heavy (non-hydrogen) atoms. The van der Waals surface area contributed by atoms with Gasteiger partial charge in [-0.25, -0.2) is 0 Å². The smallest absolute Gasteiger partial charge is 0.0962 e. The van der Waals surface area contributed by atoms with Crippen LogP contribution in [-0.4, -0.2) is 37.6 Å². The molecule has 0 bridgehead atoms. The molecule has 0 radical (unpaired) electrons. The number of nitrogens with one attached hydrogen (secondary N) is 1. The summed E-state index contributed by atoms with van der Waals surface area (Å²) in [7, 11) is 4.06. The normalized spacial score (nSPS) is 27.7. The van der Waals surface area contributed by atoms with Crippen molar-refractivity contribution in [3.05, 3.63) is 0 Å². The first-order valence-electron chi connectivity index (χ1n) is 6.44. The number of hydrogen-bond acceptors (Lipinski definition) is 3.